The minimum absolute atomic E-state index is 0.00153. The van der Waals surface area contributed by atoms with Gasteiger partial charge >= 0.3 is 0 Å². The maximum Gasteiger partial charge on any atom is 0.184 e. The van der Waals surface area contributed by atoms with E-state index >= 15 is 0 Å². The fraction of sp³-hybridized carbons (Fsp3) is 0.467. The zero-order chi connectivity index (χ0) is 13.2. The molecule has 0 radical (unpaired) electrons. The van der Waals surface area contributed by atoms with Crippen LogP contribution in [0.25, 0.3) is 0 Å². The van der Waals surface area contributed by atoms with Crippen LogP contribution in [0.4, 0.5) is 0 Å². The van der Waals surface area contributed by atoms with Crippen LogP contribution in [0, 0.1) is 5.41 Å². The number of hydrogen-bond acceptors (Lipinski definition) is 3. The average Bonchev–Trinajstić information content (AvgIpc) is 2.39. The van der Waals surface area contributed by atoms with Gasteiger partial charge in [0.2, 0.25) is 0 Å². The van der Waals surface area contributed by atoms with E-state index in [9.17, 15) is 0 Å². The van der Waals surface area contributed by atoms with E-state index in [2.05, 4.69) is 20.4 Å². The molecular weight excluding hydrogens is 228 g/mol. The average molecular weight is 248 g/mol. The molecule has 1 heterocycles. The lowest BCUT2D eigenvalue weighted by molar-refractivity contribution is -0.250. The van der Waals surface area contributed by atoms with Crippen LogP contribution in [0.2, 0.25) is 0 Å². The molecule has 2 atom stereocenters. The van der Waals surface area contributed by atoms with Gasteiger partial charge in [-0.25, -0.2) is 0 Å². The SMILES string of the molecule is C=C[C@@H]1OC(c2ccc(OC)cc2)OCC1(C)C. The predicted molar refractivity (Wildman–Crippen MR) is 70.5 cm³/mol. The van der Waals surface area contributed by atoms with Crippen molar-refractivity contribution in [1.29, 1.82) is 0 Å². The predicted octanol–water partition coefficient (Wildman–Crippen LogP) is 3.32. The van der Waals surface area contributed by atoms with Crippen molar-refractivity contribution < 1.29 is 14.2 Å². The van der Waals surface area contributed by atoms with Crippen molar-refractivity contribution in [2.75, 3.05) is 13.7 Å². The van der Waals surface area contributed by atoms with Crippen molar-refractivity contribution in [2.24, 2.45) is 5.41 Å². The summed E-state index contributed by atoms with van der Waals surface area (Å²) in [6.07, 6.45) is 1.52. The molecule has 98 valence electrons. The summed E-state index contributed by atoms with van der Waals surface area (Å²) in [5, 5.41) is 0. The van der Waals surface area contributed by atoms with Gasteiger partial charge in [0.25, 0.3) is 0 Å². The number of rotatable bonds is 3. The van der Waals surface area contributed by atoms with Gasteiger partial charge in [-0.05, 0) is 12.1 Å². The summed E-state index contributed by atoms with van der Waals surface area (Å²) in [4.78, 5) is 0. The van der Waals surface area contributed by atoms with Crippen molar-refractivity contribution in [1.82, 2.24) is 0 Å². The largest absolute Gasteiger partial charge is 0.497 e. The molecule has 18 heavy (non-hydrogen) atoms. The van der Waals surface area contributed by atoms with Crippen molar-refractivity contribution in [2.45, 2.75) is 26.2 Å². The van der Waals surface area contributed by atoms with E-state index in [0.29, 0.717) is 6.61 Å². The molecular formula is C15H20O3. The lowest BCUT2D eigenvalue weighted by atomic mass is 9.86. The Morgan fingerprint density at radius 1 is 1.33 bits per heavy atom. The van der Waals surface area contributed by atoms with Crippen LogP contribution in [0.1, 0.15) is 25.7 Å². The second-order valence-electron chi connectivity index (χ2n) is 5.20. The van der Waals surface area contributed by atoms with Crippen molar-refractivity contribution in [3.63, 3.8) is 0 Å². The molecule has 1 fully saturated rings. The summed E-state index contributed by atoms with van der Waals surface area (Å²) in [6.45, 7) is 8.72. The summed E-state index contributed by atoms with van der Waals surface area (Å²) in [5.41, 5.74) is 0.961. The molecule has 1 aromatic carbocycles. The van der Waals surface area contributed by atoms with Gasteiger partial charge in [-0.3, -0.25) is 0 Å². The molecule has 3 heteroatoms. The minimum Gasteiger partial charge on any atom is -0.497 e. The van der Waals surface area contributed by atoms with Gasteiger partial charge in [0.1, 0.15) is 5.75 Å². The molecule has 0 aliphatic carbocycles. The van der Waals surface area contributed by atoms with Gasteiger partial charge in [-0.2, -0.15) is 0 Å². The Bertz CT molecular complexity index is 408. The Labute approximate surface area is 108 Å². The topological polar surface area (TPSA) is 27.7 Å². The molecule has 0 aromatic heterocycles. The Balaban J connectivity index is 2.12. The van der Waals surface area contributed by atoms with E-state index in [-0.39, 0.29) is 17.8 Å². The van der Waals surface area contributed by atoms with Crippen molar-refractivity contribution in [3.8, 4) is 5.75 Å². The third-order valence-corrected chi connectivity index (χ3v) is 3.25. The Morgan fingerprint density at radius 3 is 2.56 bits per heavy atom. The molecule has 2 rings (SSSR count). The maximum absolute atomic E-state index is 5.93. The molecule has 0 N–H and O–H groups in total. The first kappa shape index (κ1) is 13.1. The third-order valence-electron chi connectivity index (χ3n) is 3.25. The molecule has 1 unspecified atom stereocenters. The van der Waals surface area contributed by atoms with E-state index < -0.39 is 0 Å². The summed E-state index contributed by atoms with van der Waals surface area (Å²) in [6, 6.07) is 7.74. The van der Waals surface area contributed by atoms with Crippen molar-refractivity contribution in [3.05, 3.63) is 42.5 Å². The summed E-state index contributed by atoms with van der Waals surface area (Å²) in [5.74, 6) is 0.829. The maximum atomic E-state index is 5.93. The number of methoxy groups -OCH3 is 1. The van der Waals surface area contributed by atoms with Crippen LogP contribution in [-0.2, 0) is 9.47 Å². The van der Waals surface area contributed by atoms with Crippen LogP contribution in [0.3, 0.4) is 0 Å². The lowest BCUT2D eigenvalue weighted by Crippen LogP contribution is -2.41. The van der Waals surface area contributed by atoms with Gasteiger partial charge in [0.15, 0.2) is 6.29 Å². The first-order valence-corrected chi connectivity index (χ1v) is 6.10. The molecule has 3 nitrogen and oxygen atoms in total. The van der Waals surface area contributed by atoms with Gasteiger partial charge < -0.3 is 14.2 Å². The highest BCUT2D eigenvalue weighted by Crippen LogP contribution is 2.37. The van der Waals surface area contributed by atoms with Crippen LogP contribution < -0.4 is 4.74 Å². The smallest absolute Gasteiger partial charge is 0.184 e. The number of benzene rings is 1. The minimum atomic E-state index is -0.327. The highest BCUT2D eigenvalue weighted by Gasteiger charge is 2.36. The van der Waals surface area contributed by atoms with Gasteiger partial charge in [0.05, 0.1) is 19.8 Å². The Kier molecular flexibility index (Phi) is 3.73. The highest BCUT2D eigenvalue weighted by molar-refractivity contribution is 5.28. The fourth-order valence-corrected chi connectivity index (χ4v) is 2.04. The van der Waals surface area contributed by atoms with E-state index in [1.54, 1.807) is 7.11 Å². The monoisotopic (exact) mass is 248 g/mol. The zero-order valence-corrected chi connectivity index (χ0v) is 11.2. The molecule has 0 saturated carbocycles. The molecule has 1 aliphatic rings. The molecule has 0 bridgehead atoms. The number of hydrogen-bond donors (Lipinski definition) is 0. The van der Waals surface area contributed by atoms with E-state index in [4.69, 9.17) is 14.2 Å². The second kappa shape index (κ2) is 5.12. The first-order chi connectivity index (χ1) is 8.56. The highest BCUT2D eigenvalue weighted by atomic mass is 16.7. The summed E-state index contributed by atoms with van der Waals surface area (Å²) < 4.78 is 16.8. The van der Waals surface area contributed by atoms with E-state index in [1.165, 1.54) is 0 Å². The Morgan fingerprint density at radius 2 is 2.00 bits per heavy atom. The Hall–Kier alpha value is -1.32. The fourth-order valence-electron chi connectivity index (χ4n) is 2.04. The summed E-state index contributed by atoms with van der Waals surface area (Å²) in [7, 11) is 1.65. The third kappa shape index (κ3) is 2.57. The van der Waals surface area contributed by atoms with Crippen LogP contribution in [0.5, 0.6) is 5.75 Å². The summed E-state index contributed by atoms with van der Waals surface area (Å²) >= 11 is 0. The molecule has 1 aliphatic heterocycles. The van der Waals surface area contributed by atoms with E-state index in [1.807, 2.05) is 30.3 Å². The van der Waals surface area contributed by atoms with E-state index in [0.717, 1.165) is 11.3 Å². The van der Waals surface area contributed by atoms with Gasteiger partial charge in [0, 0.05) is 11.0 Å². The molecule has 0 spiro atoms. The standard InChI is InChI=1S/C15H20O3/c1-5-13-15(2,3)10-17-14(18-13)11-6-8-12(16-4)9-7-11/h5-9,13-14H,1,10H2,2-4H3/t13-,14?/m0/s1. The van der Waals surface area contributed by atoms with Gasteiger partial charge in [-0.1, -0.05) is 32.1 Å². The first-order valence-electron chi connectivity index (χ1n) is 6.10. The quantitative estimate of drug-likeness (QED) is 0.768. The zero-order valence-electron chi connectivity index (χ0n) is 11.2. The van der Waals surface area contributed by atoms with Crippen LogP contribution >= 0.6 is 0 Å². The molecule has 0 amide bonds. The van der Waals surface area contributed by atoms with Crippen LogP contribution in [-0.4, -0.2) is 19.8 Å². The molecule has 1 aromatic rings. The van der Waals surface area contributed by atoms with Crippen LogP contribution in [0.15, 0.2) is 36.9 Å². The normalized spacial score (nSPS) is 26.6. The second-order valence-corrected chi connectivity index (χ2v) is 5.20. The lowest BCUT2D eigenvalue weighted by Gasteiger charge is -2.40. The number of ether oxygens (including phenoxy) is 3. The van der Waals surface area contributed by atoms with Gasteiger partial charge in [-0.15, -0.1) is 6.58 Å². The van der Waals surface area contributed by atoms with Crippen molar-refractivity contribution >= 4 is 0 Å². The molecule has 1 saturated heterocycles.